The third-order valence-electron chi connectivity index (χ3n) is 2.76. The largest absolute Gasteiger partial charge is 0.244 e. The third-order valence-corrected chi connectivity index (χ3v) is 5.69. The summed E-state index contributed by atoms with van der Waals surface area (Å²) < 4.78 is 28.8. The van der Waals surface area contributed by atoms with E-state index in [1.807, 2.05) is 24.3 Å². The van der Waals surface area contributed by atoms with Gasteiger partial charge in [0.2, 0.25) is 10.0 Å². The van der Waals surface area contributed by atoms with Crippen molar-refractivity contribution in [1.29, 1.82) is 0 Å². The number of aromatic nitrogens is 1. The molecule has 1 aromatic heterocycles. The smallest absolute Gasteiger partial charge is 0.242 e. The highest BCUT2D eigenvalue weighted by Crippen LogP contribution is 2.25. The minimum Gasteiger partial charge on any atom is -0.242 e. The average Bonchev–Trinajstić information content (AvgIpc) is 2.41. The first-order valence-electron chi connectivity index (χ1n) is 5.88. The van der Waals surface area contributed by atoms with Gasteiger partial charge in [-0.2, -0.15) is 0 Å². The number of pyridine rings is 1. The number of hydrogen-bond donors (Lipinski definition) is 1. The van der Waals surface area contributed by atoms with Crippen molar-refractivity contribution >= 4 is 53.5 Å². The minimum atomic E-state index is -3.76. The van der Waals surface area contributed by atoms with E-state index in [1.54, 1.807) is 6.92 Å². The summed E-state index contributed by atoms with van der Waals surface area (Å²) in [4.78, 5) is 3.78. The van der Waals surface area contributed by atoms with Gasteiger partial charge in [0.1, 0.15) is 10.0 Å². The molecule has 0 fully saturated rings. The summed E-state index contributed by atoms with van der Waals surface area (Å²) in [6.45, 7) is 1.76. The fraction of sp³-hybridized carbons (Fsp3) is 0.154. The van der Waals surface area contributed by atoms with Crippen LogP contribution >= 0.6 is 43.5 Å². The predicted molar refractivity (Wildman–Crippen MR) is 89.8 cm³/mol. The van der Waals surface area contributed by atoms with Crippen LogP contribution in [0.3, 0.4) is 0 Å². The van der Waals surface area contributed by atoms with Crippen LogP contribution in [0.1, 0.15) is 18.5 Å². The second-order valence-corrected chi connectivity index (χ2v) is 8.21. The quantitative estimate of drug-likeness (QED) is 0.701. The van der Waals surface area contributed by atoms with Gasteiger partial charge in [-0.3, -0.25) is 0 Å². The first-order valence-corrected chi connectivity index (χ1v) is 9.33. The summed E-state index contributed by atoms with van der Waals surface area (Å²) in [7, 11) is -3.76. The molecule has 1 aromatic carbocycles. The van der Waals surface area contributed by atoms with Crippen molar-refractivity contribution < 1.29 is 8.42 Å². The van der Waals surface area contributed by atoms with Gasteiger partial charge < -0.3 is 0 Å². The van der Waals surface area contributed by atoms with Crippen LogP contribution in [0.2, 0.25) is 5.15 Å². The number of hydrogen-bond acceptors (Lipinski definition) is 3. The zero-order valence-electron chi connectivity index (χ0n) is 10.8. The standard InChI is InChI=1S/C13H11Br2ClN2O2S/c1-8(9-2-4-10(14)5-3-9)18-21(19,20)12-6-11(15)7-17-13(12)16/h2-8,18H,1H3. The summed E-state index contributed by atoms with van der Waals surface area (Å²) >= 11 is 12.4. The molecular weight excluding hydrogens is 443 g/mol. The van der Waals surface area contributed by atoms with Crippen LogP contribution < -0.4 is 4.72 Å². The number of nitrogens with one attached hydrogen (secondary N) is 1. The van der Waals surface area contributed by atoms with Crippen LogP contribution in [0.25, 0.3) is 0 Å². The summed E-state index contributed by atoms with van der Waals surface area (Å²) in [5, 5.41) is -0.0614. The molecule has 8 heteroatoms. The Morgan fingerprint density at radius 2 is 1.81 bits per heavy atom. The number of benzene rings is 1. The van der Waals surface area contributed by atoms with Crippen LogP contribution in [0.5, 0.6) is 0 Å². The molecule has 0 amide bonds. The SMILES string of the molecule is CC(NS(=O)(=O)c1cc(Br)cnc1Cl)c1ccc(Br)cc1. The lowest BCUT2D eigenvalue weighted by atomic mass is 10.1. The van der Waals surface area contributed by atoms with Crippen molar-refractivity contribution in [3.8, 4) is 0 Å². The van der Waals surface area contributed by atoms with Gasteiger partial charge in [0.15, 0.2) is 0 Å². The highest BCUT2D eigenvalue weighted by molar-refractivity contribution is 9.10. The van der Waals surface area contributed by atoms with Gasteiger partial charge in [-0.1, -0.05) is 39.7 Å². The van der Waals surface area contributed by atoms with Gasteiger partial charge in [0.05, 0.1) is 0 Å². The number of rotatable bonds is 4. The maximum atomic E-state index is 12.4. The van der Waals surface area contributed by atoms with E-state index in [9.17, 15) is 8.42 Å². The number of nitrogens with zero attached hydrogens (tertiary/aromatic N) is 1. The molecule has 0 aliphatic carbocycles. The van der Waals surface area contributed by atoms with Gasteiger partial charge >= 0.3 is 0 Å². The van der Waals surface area contributed by atoms with Crippen LogP contribution in [-0.4, -0.2) is 13.4 Å². The van der Waals surface area contributed by atoms with Gasteiger partial charge in [0, 0.05) is 21.2 Å². The molecule has 1 N–H and O–H groups in total. The molecule has 0 aliphatic heterocycles. The first kappa shape index (κ1) is 16.9. The molecule has 1 heterocycles. The van der Waals surface area contributed by atoms with E-state index in [0.29, 0.717) is 4.47 Å². The van der Waals surface area contributed by atoms with E-state index in [1.165, 1.54) is 12.3 Å². The Bertz CT molecular complexity index is 751. The Morgan fingerprint density at radius 1 is 1.19 bits per heavy atom. The lowest BCUT2D eigenvalue weighted by Crippen LogP contribution is -2.27. The van der Waals surface area contributed by atoms with E-state index in [0.717, 1.165) is 10.0 Å². The highest BCUT2D eigenvalue weighted by atomic mass is 79.9. The first-order chi connectivity index (χ1) is 9.79. The molecule has 4 nitrogen and oxygen atoms in total. The molecule has 0 radical (unpaired) electrons. The Kier molecular flexibility index (Phi) is 5.43. The van der Waals surface area contributed by atoms with Crippen LogP contribution in [0, 0.1) is 0 Å². The van der Waals surface area contributed by atoms with Crippen molar-refractivity contribution in [2.45, 2.75) is 17.9 Å². The third kappa shape index (κ3) is 4.26. The molecule has 0 saturated heterocycles. The van der Waals surface area contributed by atoms with Gasteiger partial charge in [-0.15, -0.1) is 0 Å². The molecule has 21 heavy (non-hydrogen) atoms. The number of halogens is 3. The topological polar surface area (TPSA) is 59.1 Å². The fourth-order valence-corrected chi connectivity index (χ4v) is 4.15. The van der Waals surface area contributed by atoms with Crippen LogP contribution in [0.15, 0.2) is 50.4 Å². The molecule has 0 saturated carbocycles. The molecule has 2 rings (SSSR count). The molecular formula is C13H11Br2ClN2O2S. The monoisotopic (exact) mass is 452 g/mol. The highest BCUT2D eigenvalue weighted by Gasteiger charge is 2.22. The zero-order chi connectivity index (χ0) is 15.6. The Hall–Kier alpha value is -0.470. The van der Waals surface area contributed by atoms with E-state index < -0.39 is 16.1 Å². The maximum absolute atomic E-state index is 12.4. The Balaban J connectivity index is 2.28. The van der Waals surface area contributed by atoms with Crippen molar-refractivity contribution in [3.05, 3.63) is 56.2 Å². The molecule has 0 aliphatic rings. The second kappa shape index (κ2) is 6.75. The van der Waals surface area contributed by atoms with Gasteiger partial charge in [-0.05, 0) is 46.6 Å². The molecule has 2 aromatic rings. The van der Waals surface area contributed by atoms with Crippen molar-refractivity contribution in [1.82, 2.24) is 9.71 Å². The van der Waals surface area contributed by atoms with E-state index in [-0.39, 0.29) is 10.0 Å². The van der Waals surface area contributed by atoms with E-state index in [2.05, 4.69) is 41.6 Å². The average molecular weight is 455 g/mol. The lowest BCUT2D eigenvalue weighted by Gasteiger charge is -2.15. The lowest BCUT2D eigenvalue weighted by molar-refractivity contribution is 0.566. The van der Waals surface area contributed by atoms with Crippen molar-refractivity contribution in [2.24, 2.45) is 0 Å². The Labute approximate surface area is 145 Å². The molecule has 0 spiro atoms. The summed E-state index contributed by atoms with van der Waals surface area (Å²) in [6, 6.07) is 8.43. The van der Waals surface area contributed by atoms with Crippen LogP contribution in [-0.2, 0) is 10.0 Å². The number of sulfonamides is 1. The molecule has 0 bridgehead atoms. The normalized spacial score (nSPS) is 13.1. The van der Waals surface area contributed by atoms with Gasteiger partial charge in [-0.25, -0.2) is 18.1 Å². The summed E-state index contributed by atoms with van der Waals surface area (Å²) in [6.07, 6.45) is 1.44. The molecule has 112 valence electrons. The Morgan fingerprint density at radius 3 is 2.43 bits per heavy atom. The maximum Gasteiger partial charge on any atom is 0.244 e. The van der Waals surface area contributed by atoms with Crippen LogP contribution in [0.4, 0.5) is 0 Å². The second-order valence-electron chi connectivity index (χ2n) is 4.34. The summed E-state index contributed by atoms with van der Waals surface area (Å²) in [5.74, 6) is 0. The van der Waals surface area contributed by atoms with Crippen molar-refractivity contribution in [3.63, 3.8) is 0 Å². The minimum absolute atomic E-state index is 0.0532. The fourth-order valence-electron chi connectivity index (χ4n) is 1.71. The molecule has 1 atom stereocenters. The predicted octanol–water partition coefficient (Wildman–Crippen LogP) is 4.30. The van der Waals surface area contributed by atoms with E-state index in [4.69, 9.17) is 11.6 Å². The van der Waals surface area contributed by atoms with Crippen molar-refractivity contribution in [2.75, 3.05) is 0 Å². The summed E-state index contributed by atoms with van der Waals surface area (Å²) in [5.41, 5.74) is 0.848. The molecule has 1 unspecified atom stereocenters. The van der Waals surface area contributed by atoms with E-state index >= 15 is 0 Å². The zero-order valence-corrected chi connectivity index (χ0v) is 15.6. The van der Waals surface area contributed by atoms with Gasteiger partial charge in [0.25, 0.3) is 0 Å².